The number of benzene rings is 2. The summed E-state index contributed by atoms with van der Waals surface area (Å²) in [4.78, 5) is 0. The summed E-state index contributed by atoms with van der Waals surface area (Å²) in [6.45, 7) is 0. The Kier molecular flexibility index (Phi) is 6.01. The van der Waals surface area contributed by atoms with Crippen LogP contribution < -0.4 is 28.4 Å². The van der Waals surface area contributed by atoms with Gasteiger partial charge in [0.25, 0.3) is 0 Å². The van der Waals surface area contributed by atoms with Gasteiger partial charge < -0.3 is 32.9 Å². The first-order valence-corrected chi connectivity index (χ1v) is 8.66. The predicted molar refractivity (Wildman–Crippen MR) is 107 cm³/mol. The number of methoxy groups -OCH3 is 6. The van der Waals surface area contributed by atoms with Gasteiger partial charge in [0.15, 0.2) is 23.0 Å². The van der Waals surface area contributed by atoms with E-state index in [1.165, 1.54) is 0 Å². The van der Waals surface area contributed by atoms with Gasteiger partial charge in [-0.25, -0.2) is 0 Å². The van der Waals surface area contributed by atoms with Crippen molar-refractivity contribution >= 4 is 0 Å². The number of ether oxygens (including phenoxy) is 6. The molecule has 0 spiro atoms. The molecule has 29 heavy (non-hydrogen) atoms. The van der Waals surface area contributed by atoms with Crippen LogP contribution in [0.2, 0.25) is 0 Å². The highest BCUT2D eigenvalue weighted by molar-refractivity contribution is 5.85. The maximum atomic E-state index is 5.54. The van der Waals surface area contributed by atoms with Crippen molar-refractivity contribution in [2.75, 3.05) is 42.7 Å². The minimum atomic E-state index is 0.500. The van der Waals surface area contributed by atoms with E-state index in [1.807, 2.05) is 12.1 Å². The largest absolute Gasteiger partial charge is 0.496 e. The van der Waals surface area contributed by atoms with Crippen LogP contribution in [-0.4, -0.2) is 47.8 Å². The molecule has 1 aromatic heterocycles. The second-order valence-electron chi connectivity index (χ2n) is 5.90. The summed E-state index contributed by atoms with van der Waals surface area (Å²) in [5.41, 5.74) is 2.74. The predicted octanol–water partition coefficient (Wildman–Crippen LogP) is 4.06. The highest BCUT2D eigenvalue weighted by Gasteiger charge is 2.22. The second kappa shape index (κ2) is 8.64. The zero-order valence-electron chi connectivity index (χ0n) is 17.2. The maximum absolute atomic E-state index is 5.54. The van der Waals surface area contributed by atoms with Crippen LogP contribution in [0.4, 0.5) is 0 Å². The number of hydrogen-bond acceptors (Lipinski definition) is 8. The summed E-state index contributed by atoms with van der Waals surface area (Å²) in [6.07, 6.45) is 1.55. The molecule has 0 aliphatic carbocycles. The van der Waals surface area contributed by atoms with Crippen molar-refractivity contribution < 1.29 is 32.9 Å². The van der Waals surface area contributed by atoms with Crippen molar-refractivity contribution in [3.8, 4) is 56.9 Å². The zero-order valence-corrected chi connectivity index (χ0v) is 17.2. The lowest BCUT2D eigenvalue weighted by molar-refractivity contribution is 0.324. The molecular formula is C21H23NO7. The average molecular weight is 401 g/mol. The van der Waals surface area contributed by atoms with E-state index in [1.54, 1.807) is 61.1 Å². The van der Waals surface area contributed by atoms with E-state index in [0.29, 0.717) is 45.8 Å². The first-order chi connectivity index (χ1) is 14.1. The smallest absolute Gasteiger partial charge is 0.203 e. The Labute approximate surface area is 168 Å². The summed E-state index contributed by atoms with van der Waals surface area (Å²) in [6, 6.07) is 7.17. The third-order valence-corrected chi connectivity index (χ3v) is 4.51. The van der Waals surface area contributed by atoms with E-state index in [2.05, 4.69) is 5.16 Å². The van der Waals surface area contributed by atoms with Crippen LogP contribution in [0.25, 0.3) is 22.4 Å². The topological polar surface area (TPSA) is 81.4 Å². The molecule has 0 aliphatic heterocycles. The average Bonchev–Trinajstić information content (AvgIpc) is 3.26. The summed E-state index contributed by atoms with van der Waals surface area (Å²) >= 11 is 0. The number of hydrogen-bond donors (Lipinski definition) is 0. The molecule has 3 rings (SSSR count). The highest BCUT2D eigenvalue weighted by atomic mass is 16.5. The van der Waals surface area contributed by atoms with Crippen LogP contribution in [0.5, 0.6) is 34.5 Å². The van der Waals surface area contributed by atoms with Gasteiger partial charge in [0.2, 0.25) is 5.75 Å². The van der Waals surface area contributed by atoms with E-state index in [0.717, 1.165) is 11.1 Å². The quantitative estimate of drug-likeness (QED) is 0.559. The normalized spacial score (nSPS) is 10.4. The van der Waals surface area contributed by atoms with Crippen LogP contribution in [-0.2, 0) is 0 Å². The van der Waals surface area contributed by atoms with Crippen molar-refractivity contribution in [1.29, 1.82) is 0 Å². The Balaban J connectivity index is 2.21. The standard InChI is InChI=1S/C21H23NO7/c1-23-15-10-17(25-3)16(24-2)9-13(15)20-14(11-29-22-20)12-7-18(26-4)21(28-6)19(8-12)27-5/h7-11H,1-6H3. The minimum Gasteiger partial charge on any atom is -0.496 e. The molecule has 0 aliphatic rings. The molecular weight excluding hydrogens is 378 g/mol. The molecule has 8 heteroatoms. The molecule has 0 amide bonds. The van der Waals surface area contributed by atoms with Gasteiger partial charge in [-0.1, -0.05) is 5.16 Å². The molecule has 0 saturated heterocycles. The van der Waals surface area contributed by atoms with Crippen molar-refractivity contribution in [1.82, 2.24) is 5.16 Å². The molecule has 2 aromatic carbocycles. The lowest BCUT2D eigenvalue weighted by Gasteiger charge is -2.15. The fraction of sp³-hybridized carbons (Fsp3) is 0.286. The third kappa shape index (κ3) is 3.61. The van der Waals surface area contributed by atoms with Gasteiger partial charge in [-0.05, 0) is 23.8 Å². The molecule has 1 heterocycles. The maximum Gasteiger partial charge on any atom is 0.203 e. The van der Waals surface area contributed by atoms with Crippen molar-refractivity contribution in [2.45, 2.75) is 0 Å². The fourth-order valence-electron chi connectivity index (χ4n) is 3.09. The molecule has 0 unspecified atom stereocenters. The number of rotatable bonds is 8. The van der Waals surface area contributed by atoms with E-state index < -0.39 is 0 Å². The van der Waals surface area contributed by atoms with Crippen LogP contribution >= 0.6 is 0 Å². The summed E-state index contributed by atoms with van der Waals surface area (Å²) in [7, 11) is 9.38. The Morgan fingerprint density at radius 3 is 1.66 bits per heavy atom. The lowest BCUT2D eigenvalue weighted by Crippen LogP contribution is -1.97. The van der Waals surface area contributed by atoms with Crippen molar-refractivity contribution in [3.05, 3.63) is 30.5 Å². The molecule has 8 nitrogen and oxygen atoms in total. The molecule has 0 radical (unpaired) electrons. The first kappa shape index (κ1) is 20.2. The van der Waals surface area contributed by atoms with Gasteiger partial charge in [-0.3, -0.25) is 0 Å². The number of aromatic nitrogens is 1. The molecule has 0 bridgehead atoms. The summed E-state index contributed by atoms with van der Waals surface area (Å²) in [5, 5.41) is 4.19. The fourth-order valence-corrected chi connectivity index (χ4v) is 3.09. The summed E-state index contributed by atoms with van der Waals surface area (Å²) in [5.74, 6) is 3.19. The van der Waals surface area contributed by atoms with Crippen molar-refractivity contribution in [2.24, 2.45) is 0 Å². The molecule has 0 fully saturated rings. The van der Waals surface area contributed by atoms with Crippen molar-refractivity contribution in [3.63, 3.8) is 0 Å². The molecule has 154 valence electrons. The van der Waals surface area contributed by atoms with E-state index >= 15 is 0 Å². The van der Waals surface area contributed by atoms with Crippen LogP contribution in [0.3, 0.4) is 0 Å². The Morgan fingerprint density at radius 1 is 0.586 bits per heavy atom. The van der Waals surface area contributed by atoms with E-state index in [9.17, 15) is 0 Å². The van der Waals surface area contributed by atoms with E-state index in [-0.39, 0.29) is 0 Å². The minimum absolute atomic E-state index is 0.500. The van der Waals surface area contributed by atoms with Gasteiger partial charge >= 0.3 is 0 Å². The molecule has 3 aromatic rings. The first-order valence-electron chi connectivity index (χ1n) is 8.66. The zero-order chi connectivity index (χ0) is 21.0. The molecule has 0 N–H and O–H groups in total. The Morgan fingerprint density at radius 2 is 1.14 bits per heavy atom. The van der Waals surface area contributed by atoms with Gasteiger partial charge in [0.05, 0.1) is 48.2 Å². The highest BCUT2D eigenvalue weighted by Crippen LogP contribution is 2.46. The van der Waals surface area contributed by atoms with Crippen LogP contribution in [0, 0.1) is 0 Å². The lowest BCUT2D eigenvalue weighted by atomic mass is 10.00. The third-order valence-electron chi connectivity index (χ3n) is 4.51. The molecule has 0 atom stereocenters. The summed E-state index contributed by atoms with van der Waals surface area (Å²) < 4.78 is 37.9. The Hall–Kier alpha value is -3.55. The Bertz CT molecular complexity index is 972. The van der Waals surface area contributed by atoms with Crippen LogP contribution in [0.1, 0.15) is 0 Å². The molecule has 0 saturated carbocycles. The van der Waals surface area contributed by atoms with E-state index in [4.69, 9.17) is 32.9 Å². The van der Waals surface area contributed by atoms with Gasteiger partial charge in [0, 0.05) is 11.6 Å². The van der Waals surface area contributed by atoms with Crippen LogP contribution in [0.15, 0.2) is 35.1 Å². The monoisotopic (exact) mass is 401 g/mol. The SMILES string of the molecule is COc1cc(OC)c(-c2nocc2-c2cc(OC)c(OC)c(OC)c2)cc1OC. The van der Waals surface area contributed by atoms with Gasteiger partial charge in [-0.2, -0.15) is 0 Å². The van der Waals surface area contributed by atoms with Gasteiger partial charge in [-0.15, -0.1) is 0 Å². The second-order valence-corrected chi connectivity index (χ2v) is 5.90. The number of nitrogens with zero attached hydrogens (tertiary/aromatic N) is 1. The van der Waals surface area contributed by atoms with Gasteiger partial charge in [0.1, 0.15) is 17.7 Å².